The van der Waals surface area contributed by atoms with Crippen LogP contribution in [0, 0.1) is 0 Å². The van der Waals surface area contributed by atoms with Crippen LogP contribution >= 0.6 is 0 Å². The highest BCUT2D eigenvalue weighted by atomic mass is 16.5. The van der Waals surface area contributed by atoms with Crippen LogP contribution in [0.1, 0.15) is 12.7 Å². The van der Waals surface area contributed by atoms with E-state index in [2.05, 4.69) is 10.1 Å². The fourth-order valence-electron chi connectivity index (χ4n) is 0.911. The number of rotatable bonds is 4. The molecule has 1 atom stereocenters. The average Bonchev–Trinajstić information content (AvgIpc) is 2.50. The number of Topliss-reactive ketones (excluding diaryl/α,β-unsaturated/α-hetero) is 1. The zero-order valence-corrected chi connectivity index (χ0v) is 8.02. The van der Waals surface area contributed by atoms with Crippen LogP contribution in [0.15, 0.2) is 6.33 Å². The number of carbonyl (C=O) groups excluding carboxylic acids is 1. The van der Waals surface area contributed by atoms with Crippen molar-refractivity contribution in [3.63, 3.8) is 0 Å². The predicted molar refractivity (Wildman–Crippen MR) is 46.2 cm³/mol. The molecule has 0 fully saturated rings. The van der Waals surface area contributed by atoms with Crippen molar-refractivity contribution in [1.82, 2.24) is 14.8 Å². The normalized spacial score (nSPS) is 12.8. The second-order valence-corrected chi connectivity index (χ2v) is 2.82. The minimum atomic E-state index is -0.378. The molecule has 13 heavy (non-hydrogen) atoms. The van der Waals surface area contributed by atoms with Gasteiger partial charge in [-0.3, -0.25) is 9.48 Å². The number of methoxy groups -OCH3 is 1. The van der Waals surface area contributed by atoms with Crippen LogP contribution in [0.5, 0.6) is 0 Å². The number of carbonyl (C=O) groups is 1. The van der Waals surface area contributed by atoms with Crippen molar-refractivity contribution in [1.29, 1.82) is 0 Å². The Morgan fingerprint density at radius 3 is 2.92 bits per heavy atom. The topological polar surface area (TPSA) is 57.0 Å². The van der Waals surface area contributed by atoms with Crippen molar-refractivity contribution < 1.29 is 9.53 Å². The molecule has 0 aliphatic rings. The first-order chi connectivity index (χ1) is 6.15. The fraction of sp³-hybridized carbons (Fsp3) is 0.625. The summed E-state index contributed by atoms with van der Waals surface area (Å²) in [6, 6.07) is 0. The molecular formula is C8H13N3O2. The van der Waals surface area contributed by atoms with Gasteiger partial charge in [0.25, 0.3) is 0 Å². The van der Waals surface area contributed by atoms with E-state index in [1.165, 1.54) is 13.4 Å². The summed E-state index contributed by atoms with van der Waals surface area (Å²) >= 11 is 0. The second-order valence-electron chi connectivity index (χ2n) is 2.82. The summed E-state index contributed by atoms with van der Waals surface area (Å²) in [5.74, 6) is 0.674. The summed E-state index contributed by atoms with van der Waals surface area (Å²) < 4.78 is 6.48. The third-order valence-corrected chi connectivity index (χ3v) is 1.94. The lowest BCUT2D eigenvalue weighted by molar-refractivity contribution is -0.127. The number of hydrogen-bond donors (Lipinski definition) is 0. The minimum Gasteiger partial charge on any atom is -0.374 e. The van der Waals surface area contributed by atoms with Crippen molar-refractivity contribution in [2.24, 2.45) is 7.05 Å². The molecule has 0 saturated heterocycles. The molecule has 0 bridgehead atoms. The van der Waals surface area contributed by atoms with Crippen molar-refractivity contribution in [2.75, 3.05) is 7.11 Å². The highest BCUT2D eigenvalue weighted by molar-refractivity contribution is 5.84. The average molecular weight is 183 g/mol. The molecule has 1 aromatic heterocycles. The number of hydrogen-bond acceptors (Lipinski definition) is 4. The molecule has 1 heterocycles. The maximum Gasteiger partial charge on any atom is 0.168 e. The van der Waals surface area contributed by atoms with Gasteiger partial charge in [-0.15, -0.1) is 0 Å². The third-order valence-electron chi connectivity index (χ3n) is 1.94. The van der Waals surface area contributed by atoms with E-state index in [9.17, 15) is 4.79 Å². The van der Waals surface area contributed by atoms with Gasteiger partial charge in [0.15, 0.2) is 5.78 Å². The van der Waals surface area contributed by atoms with Gasteiger partial charge in [-0.2, -0.15) is 5.10 Å². The number of aromatic nitrogens is 3. The van der Waals surface area contributed by atoms with Gasteiger partial charge in [0.1, 0.15) is 18.3 Å². The predicted octanol–water partition coefficient (Wildman–Crippen LogP) is -0.0384. The molecule has 0 radical (unpaired) electrons. The van der Waals surface area contributed by atoms with E-state index in [0.717, 1.165) is 0 Å². The Balaban J connectivity index is 2.60. The standard InChI is InChI=1S/C8H13N3O2/c1-6(13-3)7(12)4-8-9-5-10-11(8)2/h5-6H,4H2,1-3H3. The number of ether oxygens (including phenoxy) is 1. The number of nitrogens with zero attached hydrogens (tertiary/aromatic N) is 3. The van der Waals surface area contributed by atoms with Gasteiger partial charge in [0.05, 0.1) is 6.42 Å². The van der Waals surface area contributed by atoms with E-state index in [1.54, 1.807) is 18.7 Å². The molecular weight excluding hydrogens is 170 g/mol. The van der Waals surface area contributed by atoms with Crippen molar-refractivity contribution >= 4 is 5.78 Å². The lowest BCUT2D eigenvalue weighted by atomic mass is 10.2. The Bertz CT molecular complexity index is 295. The van der Waals surface area contributed by atoms with Gasteiger partial charge in [-0.05, 0) is 6.92 Å². The van der Waals surface area contributed by atoms with Gasteiger partial charge in [-0.1, -0.05) is 0 Å². The van der Waals surface area contributed by atoms with Gasteiger partial charge >= 0.3 is 0 Å². The monoisotopic (exact) mass is 183 g/mol. The Kier molecular flexibility index (Phi) is 3.13. The lowest BCUT2D eigenvalue weighted by Gasteiger charge is -2.06. The highest BCUT2D eigenvalue weighted by Gasteiger charge is 2.14. The molecule has 0 saturated carbocycles. The Hall–Kier alpha value is -1.23. The first-order valence-electron chi connectivity index (χ1n) is 4.03. The van der Waals surface area contributed by atoms with Crippen molar-refractivity contribution in [3.8, 4) is 0 Å². The fourth-order valence-corrected chi connectivity index (χ4v) is 0.911. The van der Waals surface area contributed by atoms with Crippen LogP contribution in [0.4, 0.5) is 0 Å². The van der Waals surface area contributed by atoms with Gasteiger partial charge in [-0.25, -0.2) is 4.98 Å². The van der Waals surface area contributed by atoms with Crippen LogP contribution in [0.2, 0.25) is 0 Å². The molecule has 0 aliphatic carbocycles. The largest absolute Gasteiger partial charge is 0.374 e. The first-order valence-corrected chi connectivity index (χ1v) is 4.03. The van der Waals surface area contributed by atoms with Gasteiger partial charge < -0.3 is 4.74 Å². The zero-order chi connectivity index (χ0) is 9.84. The molecule has 5 nitrogen and oxygen atoms in total. The summed E-state index contributed by atoms with van der Waals surface area (Å²) in [5, 5.41) is 3.87. The lowest BCUT2D eigenvalue weighted by Crippen LogP contribution is -2.22. The van der Waals surface area contributed by atoms with Crippen molar-refractivity contribution in [3.05, 3.63) is 12.2 Å². The molecule has 1 unspecified atom stereocenters. The van der Waals surface area contributed by atoms with Gasteiger partial charge in [0, 0.05) is 14.2 Å². The number of aryl methyl sites for hydroxylation is 1. The van der Waals surface area contributed by atoms with E-state index in [1.807, 2.05) is 0 Å². The first kappa shape index (κ1) is 9.85. The summed E-state index contributed by atoms with van der Waals surface area (Å²) in [7, 11) is 3.27. The molecule has 1 aromatic rings. The van der Waals surface area contributed by atoms with Crippen LogP contribution < -0.4 is 0 Å². The molecule has 5 heteroatoms. The Labute approximate surface area is 76.7 Å². The maximum absolute atomic E-state index is 11.4. The highest BCUT2D eigenvalue weighted by Crippen LogP contribution is 1.98. The van der Waals surface area contributed by atoms with E-state index in [0.29, 0.717) is 5.82 Å². The summed E-state index contributed by atoms with van der Waals surface area (Å²) in [6.45, 7) is 1.72. The molecule has 0 spiro atoms. The van der Waals surface area contributed by atoms with E-state index in [-0.39, 0.29) is 18.3 Å². The van der Waals surface area contributed by atoms with Crippen molar-refractivity contribution in [2.45, 2.75) is 19.4 Å². The molecule has 0 aromatic carbocycles. The maximum atomic E-state index is 11.4. The molecule has 0 amide bonds. The smallest absolute Gasteiger partial charge is 0.168 e. The number of ketones is 1. The molecule has 72 valence electrons. The van der Waals surface area contributed by atoms with Crippen LogP contribution in [0.3, 0.4) is 0 Å². The Morgan fingerprint density at radius 1 is 1.77 bits per heavy atom. The third kappa shape index (κ3) is 2.35. The van der Waals surface area contributed by atoms with E-state index >= 15 is 0 Å². The van der Waals surface area contributed by atoms with Gasteiger partial charge in [0.2, 0.25) is 0 Å². The van der Waals surface area contributed by atoms with Crippen LogP contribution in [-0.2, 0) is 23.0 Å². The second kappa shape index (κ2) is 4.13. The zero-order valence-electron chi connectivity index (χ0n) is 8.02. The summed E-state index contributed by atoms with van der Waals surface area (Å²) in [5.41, 5.74) is 0. The SMILES string of the molecule is COC(C)C(=O)Cc1ncnn1C. The molecule has 0 N–H and O–H groups in total. The minimum absolute atomic E-state index is 0.0126. The molecule has 1 rings (SSSR count). The summed E-state index contributed by atoms with van der Waals surface area (Å²) in [6.07, 6.45) is 1.32. The van der Waals surface area contributed by atoms with Crippen LogP contribution in [-0.4, -0.2) is 33.8 Å². The Morgan fingerprint density at radius 2 is 2.46 bits per heavy atom. The quantitative estimate of drug-likeness (QED) is 0.657. The van der Waals surface area contributed by atoms with E-state index < -0.39 is 0 Å². The van der Waals surface area contributed by atoms with E-state index in [4.69, 9.17) is 4.74 Å². The summed E-state index contributed by atoms with van der Waals surface area (Å²) in [4.78, 5) is 15.3. The van der Waals surface area contributed by atoms with Crippen LogP contribution in [0.25, 0.3) is 0 Å². The molecule has 0 aliphatic heterocycles.